The molecule has 2 atom stereocenters. The van der Waals surface area contributed by atoms with Gasteiger partial charge in [0.05, 0.1) is 40.5 Å². The Bertz CT molecular complexity index is 725. The van der Waals surface area contributed by atoms with E-state index in [0.717, 1.165) is 11.1 Å². The van der Waals surface area contributed by atoms with Gasteiger partial charge in [-0.3, -0.25) is 5.32 Å². The molecule has 0 unspecified atom stereocenters. The highest BCUT2D eigenvalue weighted by Crippen LogP contribution is 2.47. The van der Waals surface area contributed by atoms with Crippen LogP contribution in [0.25, 0.3) is 0 Å². The molecule has 0 spiro atoms. The van der Waals surface area contributed by atoms with Gasteiger partial charge in [-0.15, -0.1) is 0 Å². The van der Waals surface area contributed by atoms with E-state index in [2.05, 4.69) is 5.32 Å². The summed E-state index contributed by atoms with van der Waals surface area (Å²) < 4.78 is 34.9. The Morgan fingerprint density at radius 1 is 0.750 bits per heavy atom. The van der Waals surface area contributed by atoms with Gasteiger partial charge in [0.25, 0.3) is 0 Å². The molecule has 128 valence electrons. The zero-order chi connectivity index (χ0) is 17.3. The molecule has 3 rings (SSSR count). The summed E-state index contributed by atoms with van der Waals surface area (Å²) >= 11 is 0. The minimum atomic E-state index is -0.368. The van der Waals surface area contributed by atoms with Crippen molar-refractivity contribution in [3.63, 3.8) is 0 Å². The fourth-order valence-corrected chi connectivity index (χ4v) is 2.87. The number of rotatable bonds is 6. The second-order valence-electron chi connectivity index (χ2n) is 5.47. The van der Waals surface area contributed by atoms with E-state index in [9.17, 15) is 4.39 Å². The van der Waals surface area contributed by atoms with Crippen molar-refractivity contribution in [2.75, 3.05) is 28.4 Å². The van der Waals surface area contributed by atoms with Crippen molar-refractivity contribution < 1.29 is 23.3 Å². The zero-order valence-corrected chi connectivity index (χ0v) is 14.1. The molecule has 1 fully saturated rings. The molecule has 0 amide bonds. The van der Waals surface area contributed by atoms with Crippen LogP contribution in [0.1, 0.15) is 23.2 Å². The summed E-state index contributed by atoms with van der Waals surface area (Å²) in [5.74, 6) is 1.62. The first kappa shape index (κ1) is 16.4. The minimum Gasteiger partial charge on any atom is -0.494 e. The lowest BCUT2D eigenvalue weighted by Crippen LogP contribution is -1.97. The molecule has 1 aliphatic heterocycles. The third-order valence-corrected chi connectivity index (χ3v) is 4.16. The number of benzene rings is 2. The highest BCUT2D eigenvalue weighted by Gasteiger charge is 2.40. The van der Waals surface area contributed by atoms with Gasteiger partial charge in [0, 0.05) is 0 Å². The van der Waals surface area contributed by atoms with Crippen LogP contribution in [-0.2, 0) is 0 Å². The molecule has 1 aliphatic rings. The van der Waals surface area contributed by atoms with E-state index in [-0.39, 0.29) is 23.7 Å². The van der Waals surface area contributed by atoms with E-state index in [0.29, 0.717) is 17.2 Å². The average molecular weight is 333 g/mol. The SMILES string of the molecule is COc1ccc([C@H]2N[C@H]2c2cc(OC)c(OC)c(OC)c2)cc1F. The number of hydrogen-bond acceptors (Lipinski definition) is 5. The molecule has 0 aromatic heterocycles. The van der Waals surface area contributed by atoms with Crippen LogP contribution in [0, 0.1) is 5.82 Å². The topological polar surface area (TPSA) is 58.9 Å². The van der Waals surface area contributed by atoms with Gasteiger partial charge >= 0.3 is 0 Å². The molecule has 0 bridgehead atoms. The predicted octanol–water partition coefficient (Wildman–Crippen LogP) is 3.25. The molecular weight excluding hydrogens is 313 g/mol. The van der Waals surface area contributed by atoms with Gasteiger partial charge < -0.3 is 18.9 Å². The smallest absolute Gasteiger partial charge is 0.203 e. The van der Waals surface area contributed by atoms with Gasteiger partial charge in [-0.25, -0.2) is 4.39 Å². The molecule has 24 heavy (non-hydrogen) atoms. The van der Waals surface area contributed by atoms with Gasteiger partial charge in [0.15, 0.2) is 23.1 Å². The second-order valence-corrected chi connectivity index (χ2v) is 5.47. The van der Waals surface area contributed by atoms with Crippen molar-refractivity contribution in [1.29, 1.82) is 0 Å². The Balaban J connectivity index is 1.88. The monoisotopic (exact) mass is 333 g/mol. The van der Waals surface area contributed by atoms with Gasteiger partial charge in [0.1, 0.15) is 0 Å². The lowest BCUT2D eigenvalue weighted by molar-refractivity contribution is 0.323. The first-order valence-corrected chi connectivity index (χ1v) is 7.52. The summed E-state index contributed by atoms with van der Waals surface area (Å²) in [6, 6.07) is 8.89. The molecule has 5 nitrogen and oxygen atoms in total. The van der Waals surface area contributed by atoms with Crippen LogP contribution >= 0.6 is 0 Å². The third-order valence-electron chi connectivity index (χ3n) is 4.16. The standard InChI is InChI=1S/C18H20FNO4/c1-21-13-6-5-10(7-12(13)19)16-17(20-16)11-8-14(22-2)18(24-4)15(9-11)23-3/h5-9,16-17,20H,1-4H3/t16-,17+/m1/s1. The molecular formula is C18H20FNO4. The third kappa shape index (κ3) is 2.85. The largest absolute Gasteiger partial charge is 0.494 e. The summed E-state index contributed by atoms with van der Waals surface area (Å²) in [6.07, 6.45) is 0. The Morgan fingerprint density at radius 3 is 1.83 bits per heavy atom. The Kier molecular flexibility index (Phi) is 4.49. The predicted molar refractivity (Wildman–Crippen MR) is 87.7 cm³/mol. The summed E-state index contributed by atoms with van der Waals surface area (Å²) in [5.41, 5.74) is 1.86. The van der Waals surface area contributed by atoms with Crippen molar-refractivity contribution in [1.82, 2.24) is 5.32 Å². The van der Waals surface area contributed by atoms with Crippen LogP contribution in [0.5, 0.6) is 23.0 Å². The van der Waals surface area contributed by atoms with Crippen LogP contribution < -0.4 is 24.3 Å². The van der Waals surface area contributed by atoms with Crippen LogP contribution in [0.3, 0.4) is 0 Å². The highest BCUT2D eigenvalue weighted by atomic mass is 19.1. The van der Waals surface area contributed by atoms with Crippen molar-refractivity contribution in [3.05, 3.63) is 47.3 Å². The average Bonchev–Trinajstić information content (AvgIpc) is 3.41. The molecule has 2 aromatic rings. The van der Waals surface area contributed by atoms with E-state index >= 15 is 0 Å². The maximum absolute atomic E-state index is 13.9. The van der Waals surface area contributed by atoms with Gasteiger partial charge in [0.2, 0.25) is 5.75 Å². The maximum Gasteiger partial charge on any atom is 0.203 e. The second kappa shape index (κ2) is 6.57. The molecule has 0 aliphatic carbocycles. The lowest BCUT2D eigenvalue weighted by Gasteiger charge is -2.13. The van der Waals surface area contributed by atoms with E-state index in [1.807, 2.05) is 18.2 Å². The lowest BCUT2D eigenvalue weighted by atomic mass is 10.0. The number of ether oxygens (including phenoxy) is 4. The van der Waals surface area contributed by atoms with Gasteiger partial charge in [-0.2, -0.15) is 0 Å². The van der Waals surface area contributed by atoms with E-state index in [1.165, 1.54) is 13.2 Å². The number of nitrogens with one attached hydrogen (secondary N) is 1. The molecule has 1 heterocycles. The van der Waals surface area contributed by atoms with Crippen molar-refractivity contribution >= 4 is 0 Å². The number of methoxy groups -OCH3 is 4. The first-order valence-electron chi connectivity index (χ1n) is 7.52. The fraction of sp³-hybridized carbons (Fsp3) is 0.333. The zero-order valence-electron chi connectivity index (χ0n) is 14.1. The molecule has 1 N–H and O–H groups in total. The van der Waals surface area contributed by atoms with Crippen LogP contribution in [0.15, 0.2) is 30.3 Å². The van der Waals surface area contributed by atoms with Gasteiger partial charge in [-0.05, 0) is 35.4 Å². The minimum absolute atomic E-state index is 0.0354. The molecule has 0 radical (unpaired) electrons. The quantitative estimate of drug-likeness (QED) is 0.823. The van der Waals surface area contributed by atoms with Crippen molar-refractivity contribution in [3.8, 4) is 23.0 Å². The van der Waals surface area contributed by atoms with Gasteiger partial charge in [-0.1, -0.05) is 6.07 Å². The first-order chi connectivity index (χ1) is 11.6. The Hall–Kier alpha value is -2.47. The molecule has 2 aromatic carbocycles. The van der Waals surface area contributed by atoms with Crippen LogP contribution in [0.4, 0.5) is 4.39 Å². The molecule has 6 heteroatoms. The maximum atomic E-state index is 13.9. The van der Waals surface area contributed by atoms with Crippen molar-refractivity contribution in [2.24, 2.45) is 0 Å². The molecule has 0 saturated carbocycles. The summed E-state index contributed by atoms with van der Waals surface area (Å²) in [6.45, 7) is 0. The number of halogens is 1. The normalized spacial score (nSPS) is 18.9. The van der Waals surface area contributed by atoms with Crippen molar-refractivity contribution in [2.45, 2.75) is 12.1 Å². The van der Waals surface area contributed by atoms with E-state index in [4.69, 9.17) is 18.9 Å². The van der Waals surface area contributed by atoms with Crippen LogP contribution in [-0.4, -0.2) is 28.4 Å². The van der Waals surface area contributed by atoms with E-state index in [1.54, 1.807) is 27.4 Å². The summed E-state index contributed by atoms with van der Waals surface area (Å²) in [5, 5.41) is 3.35. The summed E-state index contributed by atoms with van der Waals surface area (Å²) in [4.78, 5) is 0. The Morgan fingerprint density at radius 2 is 1.33 bits per heavy atom. The molecule has 1 saturated heterocycles. The Labute approximate surface area is 140 Å². The van der Waals surface area contributed by atoms with Crippen LogP contribution in [0.2, 0.25) is 0 Å². The number of hydrogen-bond donors (Lipinski definition) is 1. The summed E-state index contributed by atoms with van der Waals surface area (Å²) in [7, 11) is 6.18. The fourth-order valence-electron chi connectivity index (χ4n) is 2.87. The van der Waals surface area contributed by atoms with E-state index < -0.39 is 0 Å². The highest BCUT2D eigenvalue weighted by molar-refractivity contribution is 5.55.